The minimum atomic E-state index is 0.0502. The summed E-state index contributed by atoms with van der Waals surface area (Å²) in [5, 5.41) is 0. The summed E-state index contributed by atoms with van der Waals surface area (Å²) in [7, 11) is 0. The van der Waals surface area contributed by atoms with Crippen molar-refractivity contribution in [1.82, 2.24) is 15.0 Å². The van der Waals surface area contributed by atoms with Gasteiger partial charge in [-0.1, -0.05) is 218 Å². The topological polar surface area (TPSA) is 38.7 Å². The first-order valence-corrected chi connectivity index (χ1v) is 21.3. The second kappa shape index (κ2) is 14.9. The standard InChI is InChI=1S/C59H39N3/c1-4-15-38(16-5-1)39-27-29-40(30-28-39)41-31-33-42(34-32-41)53-47-23-10-12-25-49(47)55-51(53)35-36-52-54(48-24-11-13-26-50(48)56(52)55)45-21-14-22-46(37-45)59-61-57(43-17-6-2-7-18-43)60-58(62-59)44-19-8-3-9-20-44/h1-37,53-54H. The molecule has 3 nitrogen and oxygen atoms in total. The van der Waals surface area contributed by atoms with Crippen LogP contribution in [0.25, 0.3) is 78.7 Å². The minimum Gasteiger partial charge on any atom is -0.208 e. The maximum Gasteiger partial charge on any atom is 0.164 e. The predicted molar refractivity (Wildman–Crippen MR) is 253 cm³/mol. The largest absolute Gasteiger partial charge is 0.208 e. The van der Waals surface area contributed by atoms with Gasteiger partial charge in [0.1, 0.15) is 0 Å². The van der Waals surface area contributed by atoms with Crippen LogP contribution in [0.2, 0.25) is 0 Å². The molecule has 0 fully saturated rings. The lowest BCUT2D eigenvalue weighted by molar-refractivity contribution is 0.997. The van der Waals surface area contributed by atoms with Crippen LogP contribution in [0.15, 0.2) is 224 Å². The van der Waals surface area contributed by atoms with Gasteiger partial charge in [-0.3, -0.25) is 0 Å². The summed E-state index contributed by atoms with van der Waals surface area (Å²) < 4.78 is 0. The van der Waals surface area contributed by atoms with Crippen LogP contribution < -0.4 is 0 Å². The molecule has 10 aromatic rings. The molecule has 0 spiro atoms. The lowest BCUT2D eigenvalue weighted by Crippen LogP contribution is -2.03. The van der Waals surface area contributed by atoms with E-state index in [4.69, 9.17) is 15.0 Å². The number of rotatable bonds is 7. The molecule has 0 saturated heterocycles. The SMILES string of the molecule is c1ccc(-c2ccc(-c3ccc(C4c5ccccc5-c5c4ccc4c5-c5ccccc5C4c4cccc(-c5nc(-c6ccccc6)nc(-c6ccccc6)n5)c4)cc3)cc2)cc1. The summed E-state index contributed by atoms with van der Waals surface area (Å²) in [5.74, 6) is 2.16. The van der Waals surface area contributed by atoms with Gasteiger partial charge in [0, 0.05) is 28.5 Å². The first kappa shape index (κ1) is 35.9. The smallest absolute Gasteiger partial charge is 0.164 e. The fraction of sp³-hybridized carbons (Fsp3) is 0.0339. The zero-order chi connectivity index (χ0) is 41.0. The van der Waals surface area contributed by atoms with E-state index in [-0.39, 0.29) is 11.8 Å². The highest BCUT2D eigenvalue weighted by Crippen LogP contribution is 2.58. The van der Waals surface area contributed by atoms with Crippen LogP contribution in [0.3, 0.4) is 0 Å². The molecule has 1 aromatic heterocycles. The fourth-order valence-corrected chi connectivity index (χ4v) is 9.85. The Morgan fingerprint density at radius 2 is 0.613 bits per heavy atom. The number of hydrogen-bond donors (Lipinski definition) is 0. The molecule has 1 heterocycles. The average molecular weight is 790 g/mol. The number of hydrogen-bond acceptors (Lipinski definition) is 3. The molecule has 0 radical (unpaired) electrons. The minimum absolute atomic E-state index is 0.0502. The number of nitrogens with zero attached hydrogens (tertiary/aromatic N) is 3. The summed E-state index contributed by atoms with van der Waals surface area (Å²) in [4.78, 5) is 15.1. The predicted octanol–water partition coefficient (Wildman–Crippen LogP) is 14.5. The second-order valence-corrected chi connectivity index (χ2v) is 16.3. The molecule has 62 heavy (non-hydrogen) atoms. The Bertz CT molecular complexity index is 3210. The van der Waals surface area contributed by atoms with Crippen molar-refractivity contribution in [3.8, 4) is 78.7 Å². The normalized spacial score (nSPS) is 14.5. The third-order valence-corrected chi connectivity index (χ3v) is 12.7. The molecule has 12 rings (SSSR count). The van der Waals surface area contributed by atoms with Gasteiger partial charge in [0.25, 0.3) is 0 Å². The second-order valence-electron chi connectivity index (χ2n) is 16.3. The van der Waals surface area contributed by atoms with Crippen molar-refractivity contribution in [2.45, 2.75) is 11.8 Å². The molecule has 3 heteroatoms. The van der Waals surface area contributed by atoms with Gasteiger partial charge in [0.2, 0.25) is 0 Å². The Morgan fingerprint density at radius 3 is 1.11 bits per heavy atom. The van der Waals surface area contributed by atoms with Crippen molar-refractivity contribution in [2.75, 3.05) is 0 Å². The van der Waals surface area contributed by atoms with Gasteiger partial charge in [-0.2, -0.15) is 0 Å². The first-order valence-electron chi connectivity index (χ1n) is 21.3. The molecule has 0 aliphatic heterocycles. The highest BCUT2D eigenvalue weighted by atomic mass is 15.0. The maximum atomic E-state index is 5.08. The van der Waals surface area contributed by atoms with E-state index in [1.54, 1.807) is 0 Å². The lowest BCUT2D eigenvalue weighted by atomic mass is 9.85. The van der Waals surface area contributed by atoms with Gasteiger partial charge in [0.05, 0.1) is 0 Å². The summed E-state index contributed by atoms with van der Waals surface area (Å²) in [5.41, 5.74) is 21.0. The van der Waals surface area contributed by atoms with Gasteiger partial charge in [-0.25, -0.2) is 15.0 Å². The van der Waals surface area contributed by atoms with Crippen LogP contribution >= 0.6 is 0 Å². The number of aromatic nitrogens is 3. The van der Waals surface area contributed by atoms with Crippen molar-refractivity contribution < 1.29 is 0 Å². The lowest BCUT2D eigenvalue weighted by Gasteiger charge is -2.18. The maximum absolute atomic E-state index is 5.08. The monoisotopic (exact) mass is 789 g/mol. The molecule has 0 N–H and O–H groups in total. The summed E-state index contributed by atoms with van der Waals surface area (Å²) in [6.07, 6.45) is 0. The zero-order valence-corrected chi connectivity index (χ0v) is 33.9. The Morgan fingerprint density at radius 1 is 0.242 bits per heavy atom. The van der Waals surface area contributed by atoms with Crippen molar-refractivity contribution in [3.63, 3.8) is 0 Å². The van der Waals surface area contributed by atoms with Crippen LogP contribution in [0, 0.1) is 0 Å². The van der Waals surface area contributed by atoms with E-state index in [0.29, 0.717) is 17.5 Å². The Balaban J connectivity index is 0.940. The highest BCUT2D eigenvalue weighted by Gasteiger charge is 2.38. The molecule has 2 unspecified atom stereocenters. The van der Waals surface area contributed by atoms with E-state index >= 15 is 0 Å². The molecular formula is C59H39N3. The fourth-order valence-electron chi connectivity index (χ4n) is 9.85. The molecule has 290 valence electrons. The molecule has 9 aromatic carbocycles. The third kappa shape index (κ3) is 6.09. The van der Waals surface area contributed by atoms with Gasteiger partial charge in [-0.05, 0) is 84.0 Å². The molecule has 2 aliphatic rings. The van der Waals surface area contributed by atoms with Gasteiger partial charge >= 0.3 is 0 Å². The molecule has 0 bridgehead atoms. The summed E-state index contributed by atoms with van der Waals surface area (Å²) in [6.45, 7) is 0. The summed E-state index contributed by atoms with van der Waals surface area (Å²) >= 11 is 0. The van der Waals surface area contributed by atoms with E-state index < -0.39 is 0 Å². The van der Waals surface area contributed by atoms with Crippen molar-refractivity contribution in [2.24, 2.45) is 0 Å². The third-order valence-electron chi connectivity index (χ3n) is 12.7. The molecule has 0 saturated carbocycles. The number of benzene rings is 9. The van der Waals surface area contributed by atoms with Crippen LogP contribution in [0.1, 0.15) is 45.2 Å². The van der Waals surface area contributed by atoms with Crippen LogP contribution in [-0.4, -0.2) is 15.0 Å². The van der Waals surface area contributed by atoms with Crippen molar-refractivity contribution >= 4 is 0 Å². The van der Waals surface area contributed by atoms with Gasteiger partial charge in [-0.15, -0.1) is 0 Å². The van der Waals surface area contributed by atoms with Crippen LogP contribution in [-0.2, 0) is 0 Å². The first-order chi connectivity index (χ1) is 30.7. The Kier molecular flexibility index (Phi) is 8.64. The average Bonchev–Trinajstić information content (AvgIpc) is 3.88. The van der Waals surface area contributed by atoms with Crippen LogP contribution in [0.4, 0.5) is 0 Å². The quantitative estimate of drug-likeness (QED) is 0.161. The van der Waals surface area contributed by atoms with E-state index in [1.807, 2.05) is 36.4 Å². The van der Waals surface area contributed by atoms with E-state index in [1.165, 1.54) is 77.9 Å². The van der Waals surface area contributed by atoms with E-state index in [2.05, 4.69) is 188 Å². The van der Waals surface area contributed by atoms with Gasteiger partial charge < -0.3 is 0 Å². The highest BCUT2D eigenvalue weighted by molar-refractivity contribution is 5.98. The summed E-state index contributed by atoms with van der Waals surface area (Å²) in [6, 6.07) is 80.7. The van der Waals surface area contributed by atoms with Gasteiger partial charge in [0.15, 0.2) is 17.5 Å². The molecule has 0 amide bonds. The Labute approximate surface area is 361 Å². The zero-order valence-electron chi connectivity index (χ0n) is 33.9. The van der Waals surface area contributed by atoms with E-state index in [0.717, 1.165) is 16.7 Å². The molecule has 2 aliphatic carbocycles. The van der Waals surface area contributed by atoms with E-state index in [9.17, 15) is 0 Å². The van der Waals surface area contributed by atoms with Crippen LogP contribution in [0.5, 0.6) is 0 Å². The van der Waals surface area contributed by atoms with Crippen molar-refractivity contribution in [1.29, 1.82) is 0 Å². The molecular weight excluding hydrogens is 751 g/mol. The Hall–Kier alpha value is -8.01. The van der Waals surface area contributed by atoms with Crippen molar-refractivity contribution in [3.05, 3.63) is 258 Å². The molecule has 2 atom stereocenters. The number of fused-ring (bicyclic) bond motifs is 7.